The summed E-state index contributed by atoms with van der Waals surface area (Å²) in [6.07, 6.45) is 0.795. The number of amides is 3. The molecule has 2 heterocycles. The predicted molar refractivity (Wildman–Crippen MR) is 137 cm³/mol. The van der Waals surface area contributed by atoms with E-state index in [0.717, 1.165) is 29.0 Å². The standard InChI is InChI=1S/C28H33N3O5/c1-5-22-8-6-7-9-24(22)29-28(33)31(19(2)3)17-27(32)30(16-23-12-10-20(4)36-23)15-21-11-13-25-26(14-21)35-18-34-25/h6-14,19H,5,15-18H2,1-4H3,(H,29,33). The second-order valence-corrected chi connectivity index (χ2v) is 9.11. The summed E-state index contributed by atoms with van der Waals surface area (Å²) in [5, 5.41) is 2.99. The van der Waals surface area contributed by atoms with Gasteiger partial charge < -0.3 is 29.0 Å². The summed E-state index contributed by atoms with van der Waals surface area (Å²) in [7, 11) is 0. The Hall–Kier alpha value is -3.94. The first-order valence-corrected chi connectivity index (χ1v) is 12.2. The first kappa shape index (κ1) is 25.2. The normalized spacial score (nSPS) is 12.0. The van der Waals surface area contributed by atoms with Crippen LogP contribution in [0, 0.1) is 6.92 Å². The summed E-state index contributed by atoms with van der Waals surface area (Å²) < 4.78 is 16.7. The van der Waals surface area contributed by atoms with Gasteiger partial charge in [0.25, 0.3) is 0 Å². The van der Waals surface area contributed by atoms with Crippen molar-refractivity contribution in [2.45, 2.75) is 53.2 Å². The van der Waals surface area contributed by atoms with Crippen LogP contribution in [0.3, 0.4) is 0 Å². The number of nitrogens with one attached hydrogen (secondary N) is 1. The summed E-state index contributed by atoms with van der Waals surface area (Å²) in [4.78, 5) is 30.1. The monoisotopic (exact) mass is 491 g/mol. The SMILES string of the molecule is CCc1ccccc1NC(=O)N(CC(=O)N(Cc1ccc2c(c1)OCO2)Cc1ccc(C)o1)C(C)C. The molecule has 3 amide bonds. The number of carbonyl (C=O) groups is 2. The van der Waals surface area contributed by atoms with Gasteiger partial charge in [-0.1, -0.05) is 31.2 Å². The lowest BCUT2D eigenvalue weighted by atomic mass is 10.1. The number of urea groups is 1. The number of furan rings is 1. The van der Waals surface area contributed by atoms with E-state index in [2.05, 4.69) is 5.32 Å². The highest BCUT2D eigenvalue weighted by atomic mass is 16.7. The number of ether oxygens (including phenoxy) is 2. The first-order chi connectivity index (χ1) is 17.3. The topological polar surface area (TPSA) is 84.3 Å². The lowest BCUT2D eigenvalue weighted by Crippen LogP contribution is -2.47. The minimum absolute atomic E-state index is 0.0674. The van der Waals surface area contributed by atoms with Crippen LogP contribution in [-0.2, 0) is 24.3 Å². The molecular formula is C28H33N3O5. The zero-order valence-electron chi connectivity index (χ0n) is 21.2. The number of fused-ring (bicyclic) bond motifs is 1. The number of hydrogen-bond acceptors (Lipinski definition) is 5. The van der Waals surface area contributed by atoms with E-state index in [4.69, 9.17) is 13.9 Å². The Kier molecular flexibility index (Phi) is 7.83. The molecule has 8 nitrogen and oxygen atoms in total. The molecule has 190 valence electrons. The van der Waals surface area contributed by atoms with E-state index in [0.29, 0.717) is 23.8 Å². The molecule has 1 aliphatic rings. The third-order valence-corrected chi connectivity index (χ3v) is 6.14. The number of hydrogen-bond donors (Lipinski definition) is 1. The number of aryl methyl sites for hydroxylation is 2. The maximum Gasteiger partial charge on any atom is 0.322 e. The average Bonchev–Trinajstić information content (AvgIpc) is 3.50. The van der Waals surface area contributed by atoms with Crippen molar-refractivity contribution in [2.75, 3.05) is 18.7 Å². The number of nitrogens with zero attached hydrogens (tertiary/aromatic N) is 2. The van der Waals surface area contributed by atoms with Gasteiger partial charge in [0.1, 0.15) is 18.1 Å². The molecule has 0 spiro atoms. The summed E-state index contributed by atoms with van der Waals surface area (Å²) in [6.45, 7) is 8.45. The van der Waals surface area contributed by atoms with E-state index in [1.165, 1.54) is 0 Å². The Bertz CT molecular complexity index is 1220. The van der Waals surface area contributed by atoms with Gasteiger partial charge in [-0.15, -0.1) is 0 Å². The van der Waals surface area contributed by atoms with Gasteiger partial charge in [-0.25, -0.2) is 4.79 Å². The lowest BCUT2D eigenvalue weighted by Gasteiger charge is -2.30. The highest BCUT2D eigenvalue weighted by Gasteiger charge is 2.25. The Balaban J connectivity index is 1.52. The molecule has 0 saturated carbocycles. The minimum atomic E-state index is -0.309. The van der Waals surface area contributed by atoms with E-state index < -0.39 is 0 Å². The molecule has 0 atom stereocenters. The molecular weight excluding hydrogens is 458 g/mol. The molecule has 0 aliphatic carbocycles. The van der Waals surface area contributed by atoms with Gasteiger partial charge >= 0.3 is 6.03 Å². The van der Waals surface area contributed by atoms with Crippen molar-refractivity contribution >= 4 is 17.6 Å². The van der Waals surface area contributed by atoms with E-state index in [9.17, 15) is 9.59 Å². The van der Waals surface area contributed by atoms with Crippen LogP contribution in [0.15, 0.2) is 59.0 Å². The maximum atomic E-state index is 13.6. The number of benzene rings is 2. The minimum Gasteiger partial charge on any atom is -0.464 e. The molecule has 36 heavy (non-hydrogen) atoms. The van der Waals surface area contributed by atoms with Crippen LogP contribution in [0.4, 0.5) is 10.5 Å². The first-order valence-electron chi connectivity index (χ1n) is 12.2. The Morgan fingerprint density at radius 2 is 1.78 bits per heavy atom. The van der Waals surface area contributed by atoms with Crippen molar-refractivity contribution in [3.63, 3.8) is 0 Å². The number of rotatable bonds is 9. The van der Waals surface area contributed by atoms with Gasteiger partial charge in [-0.3, -0.25) is 4.79 Å². The molecule has 3 aromatic rings. The smallest absolute Gasteiger partial charge is 0.322 e. The third kappa shape index (κ3) is 6.00. The zero-order valence-corrected chi connectivity index (χ0v) is 21.2. The highest BCUT2D eigenvalue weighted by molar-refractivity contribution is 5.93. The molecule has 0 radical (unpaired) electrons. The molecule has 4 rings (SSSR count). The van der Waals surface area contributed by atoms with Crippen molar-refractivity contribution in [3.8, 4) is 11.5 Å². The molecule has 1 N–H and O–H groups in total. The molecule has 0 saturated heterocycles. The Morgan fingerprint density at radius 3 is 2.50 bits per heavy atom. The van der Waals surface area contributed by atoms with E-state index in [-0.39, 0.29) is 37.9 Å². The Morgan fingerprint density at radius 1 is 1.00 bits per heavy atom. The molecule has 1 aliphatic heterocycles. The molecule has 1 aromatic heterocycles. The van der Waals surface area contributed by atoms with Crippen LogP contribution in [-0.4, -0.2) is 41.1 Å². The molecule has 0 unspecified atom stereocenters. The fourth-order valence-electron chi connectivity index (χ4n) is 4.12. The van der Waals surface area contributed by atoms with Crippen LogP contribution < -0.4 is 14.8 Å². The summed E-state index contributed by atoms with van der Waals surface area (Å²) in [6, 6.07) is 16.6. The Labute approximate surface area is 211 Å². The summed E-state index contributed by atoms with van der Waals surface area (Å²) in [5.74, 6) is 2.62. The van der Waals surface area contributed by atoms with Crippen molar-refractivity contribution in [3.05, 3.63) is 77.2 Å². The van der Waals surface area contributed by atoms with E-state index >= 15 is 0 Å². The van der Waals surface area contributed by atoms with Crippen molar-refractivity contribution in [2.24, 2.45) is 0 Å². The van der Waals surface area contributed by atoms with Gasteiger partial charge in [0.15, 0.2) is 11.5 Å². The van der Waals surface area contributed by atoms with Crippen LogP contribution in [0.2, 0.25) is 0 Å². The number of para-hydroxylation sites is 1. The largest absolute Gasteiger partial charge is 0.464 e. The van der Waals surface area contributed by atoms with Gasteiger partial charge in [0, 0.05) is 18.3 Å². The van der Waals surface area contributed by atoms with Gasteiger partial charge in [0.2, 0.25) is 12.7 Å². The second-order valence-electron chi connectivity index (χ2n) is 9.11. The summed E-state index contributed by atoms with van der Waals surface area (Å²) >= 11 is 0. The van der Waals surface area contributed by atoms with Gasteiger partial charge in [-0.05, 0) is 68.7 Å². The van der Waals surface area contributed by atoms with Crippen LogP contribution in [0.25, 0.3) is 0 Å². The van der Waals surface area contributed by atoms with Crippen molar-refractivity contribution in [1.82, 2.24) is 9.80 Å². The van der Waals surface area contributed by atoms with Gasteiger partial charge in [-0.2, -0.15) is 0 Å². The molecule has 0 bridgehead atoms. The molecule has 8 heteroatoms. The average molecular weight is 492 g/mol. The van der Waals surface area contributed by atoms with Crippen LogP contribution in [0.1, 0.15) is 43.4 Å². The fraction of sp³-hybridized carbons (Fsp3) is 0.357. The van der Waals surface area contributed by atoms with Crippen LogP contribution >= 0.6 is 0 Å². The van der Waals surface area contributed by atoms with Crippen molar-refractivity contribution < 1.29 is 23.5 Å². The van der Waals surface area contributed by atoms with Gasteiger partial charge in [0.05, 0.1) is 6.54 Å². The summed E-state index contributed by atoms with van der Waals surface area (Å²) in [5.41, 5.74) is 2.69. The molecule has 2 aromatic carbocycles. The fourth-order valence-corrected chi connectivity index (χ4v) is 4.12. The number of carbonyl (C=O) groups excluding carboxylic acids is 2. The quantitative estimate of drug-likeness (QED) is 0.436. The predicted octanol–water partition coefficient (Wildman–Crippen LogP) is 5.35. The highest BCUT2D eigenvalue weighted by Crippen LogP contribution is 2.33. The zero-order chi connectivity index (χ0) is 25.7. The van der Waals surface area contributed by atoms with E-state index in [1.807, 2.05) is 82.3 Å². The lowest BCUT2D eigenvalue weighted by molar-refractivity contribution is -0.133. The van der Waals surface area contributed by atoms with Crippen LogP contribution in [0.5, 0.6) is 11.5 Å². The van der Waals surface area contributed by atoms with E-state index in [1.54, 1.807) is 9.80 Å². The molecule has 0 fully saturated rings. The van der Waals surface area contributed by atoms with Crippen molar-refractivity contribution in [1.29, 1.82) is 0 Å². The maximum absolute atomic E-state index is 13.6. The number of anilines is 1. The third-order valence-electron chi connectivity index (χ3n) is 6.14. The second kappa shape index (κ2) is 11.2.